The molecular formula is C5H12NO. The van der Waals surface area contributed by atoms with Crippen molar-refractivity contribution in [2.24, 2.45) is 5.73 Å². The Morgan fingerprint density at radius 1 is 1.71 bits per heavy atom. The van der Waals surface area contributed by atoms with Gasteiger partial charge in [0, 0.05) is 6.04 Å². The van der Waals surface area contributed by atoms with Gasteiger partial charge in [-0.05, 0) is 12.8 Å². The van der Waals surface area contributed by atoms with Crippen molar-refractivity contribution < 1.29 is 5.11 Å². The molecule has 7 heavy (non-hydrogen) atoms. The van der Waals surface area contributed by atoms with Crippen molar-refractivity contribution in [2.75, 3.05) is 6.61 Å². The van der Waals surface area contributed by atoms with Crippen LogP contribution in [0.4, 0.5) is 0 Å². The van der Waals surface area contributed by atoms with E-state index in [9.17, 15) is 5.11 Å². The van der Waals surface area contributed by atoms with Gasteiger partial charge in [0.05, 0.1) is 6.61 Å². The number of nitrogens with two attached hydrogens (primary N) is 1. The van der Waals surface area contributed by atoms with Crippen molar-refractivity contribution in [1.82, 2.24) is 0 Å². The van der Waals surface area contributed by atoms with E-state index in [-0.39, 0.29) is 12.6 Å². The number of hydrogen-bond donors (Lipinski definition) is 1. The second-order valence-electron chi connectivity index (χ2n) is 1.66. The first-order valence-electron chi connectivity index (χ1n) is 2.65. The topological polar surface area (TPSA) is 45.9 Å². The molecule has 2 nitrogen and oxygen atoms in total. The fourth-order valence-corrected chi connectivity index (χ4v) is 0.355. The fraction of sp³-hybridized carbons (Fsp3) is 1.00. The average Bonchev–Trinajstić information content (AvgIpc) is 1.68. The predicted octanol–water partition coefficient (Wildman–Crippen LogP) is 0.544. The van der Waals surface area contributed by atoms with Gasteiger partial charge in [-0.1, -0.05) is 6.92 Å². The second-order valence-corrected chi connectivity index (χ2v) is 1.66. The van der Waals surface area contributed by atoms with Gasteiger partial charge >= 0.3 is 0 Å². The highest BCUT2D eigenvalue weighted by molar-refractivity contribution is 4.54. The quantitative estimate of drug-likeness (QED) is 0.555. The number of rotatable bonds is 3. The third-order valence-corrected chi connectivity index (χ3v) is 1.01. The van der Waals surface area contributed by atoms with Gasteiger partial charge in [-0.15, -0.1) is 0 Å². The van der Waals surface area contributed by atoms with Crippen LogP contribution in [0.1, 0.15) is 19.8 Å². The Morgan fingerprint density at radius 3 is 2.43 bits per heavy atom. The minimum absolute atomic E-state index is 0.0327. The molecule has 0 aromatic heterocycles. The van der Waals surface area contributed by atoms with Gasteiger partial charge in [-0.3, -0.25) is 0 Å². The van der Waals surface area contributed by atoms with Gasteiger partial charge in [0.1, 0.15) is 0 Å². The molecular weight excluding hydrogens is 90.1 g/mol. The predicted molar refractivity (Wildman–Crippen MR) is 28.4 cm³/mol. The van der Waals surface area contributed by atoms with Crippen LogP contribution >= 0.6 is 0 Å². The molecule has 1 unspecified atom stereocenters. The zero-order chi connectivity index (χ0) is 5.70. The lowest BCUT2D eigenvalue weighted by molar-refractivity contribution is 0.181. The van der Waals surface area contributed by atoms with Gasteiger partial charge in [0.25, 0.3) is 0 Å². The van der Waals surface area contributed by atoms with Crippen molar-refractivity contribution in [3.63, 3.8) is 0 Å². The average molecular weight is 102 g/mol. The standard InChI is InChI=1S/C5H12NO/c1-2-5(6)3-4-7/h5H,2-4,6H2,1H3. The lowest BCUT2D eigenvalue weighted by Gasteiger charge is -2.01. The molecule has 0 spiro atoms. The summed E-state index contributed by atoms with van der Waals surface area (Å²) in [7, 11) is 0. The third-order valence-electron chi connectivity index (χ3n) is 1.01. The van der Waals surface area contributed by atoms with Crippen molar-refractivity contribution >= 4 is 0 Å². The molecule has 0 amide bonds. The van der Waals surface area contributed by atoms with Crippen molar-refractivity contribution in [3.05, 3.63) is 0 Å². The summed E-state index contributed by atoms with van der Waals surface area (Å²) in [5, 5.41) is 9.82. The monoisotopic (exact) mass is 102 g/mol. The molecule has 2 N–H and O–H groups in total. The maximum absolute atomic E-state index is 9.82. The van der Waals surface area contributed by atoms with Crippen LogP contribution in [0.15, 0.2) is 0 Å². The van der Waals surface area contributed by atoms with Crippen molar-refractivity contribution in [1.29, 1.82) is 0 Å². The minimum atomic E-state index is -0.0327. The summed E-state index contributed by atoms with van der Waals surface area (Å²) in [4.78, 5) is 0. The summed E-state index contributed by atoms with van der Waals surface area (Å²) in [6.45, 7) is 1.95. The summed E-state index contributed by atoms with van der Waals surface area (Å²) < 4.78 is 0. The number of hydrogen-bond acceptors (Lipinski definition) is 1. The molecule has 0 saturated heterocycles. The Morgan fingerprint density at radius 2 is 2.29 bits per heavy atom. The molecule has 1 radical (unpaired) electrons. The van der Waals surface area contributed by atoms with E-state index in [1.807, 2.05) is 6.92 Å². The van der Waals surface area contributed by atoms with Gasteiger partial charge in [0.2, 0.25) is 0 Å². The highest BCUT2D eigenvalue weighted by Crippen LogP contribution is 1.89. The lowest BCUT2D eigenvalue weighted by Crippen LogP contribution is -2.19. The van der Waals surface area contributed by atoms with E-state index in [1.54, 1.807) is 0 Å². The van der Waals surface area contributed by atoms with Crippen LogP contribution in [0.5, 0.6) is 0 Å². The summed E-state index contributed by atoms with van der Waals surface area (Å²) >= 11 is 0. The third kappa shape index (κ3) is 3.76. The summed E-state index contributed by atoms with van der Waals surface area (Å²) in [6, 6.07) is 0.137. The maximum atomic E-state index is 9.82. The highest BCUT2D eigenvalue weighted by Gasteiger charge is 1.94. The van der Waals surface area contributed by atoms with Crippen molar-refractivity contribution in [3.8, 4) is 0 Å². The van der Waals surface area contributed by atoms with E-state index in [2.05, 4.69) is 0 Å². The lowest BCUT2D eigenvalue weighted by atomic mass is 10.2. The van der Waals surface area contributed by atoms with Gasteiger partial charge in [-0.2, -0.15) is 0 Å². The van der Waals surface area contributed by atoms with Crippen LogP contribution in [0.25, 0.3) is 0 Å². The molecule has 1 atom stereocenters. The van der Waals surface area contributed by atoms with Crippen LogP contribution in [-0.2, 0) is 5.11 Å². The Labute approximate surface area is 44.3 Å². The highest BCUT2D eigenvalue weighted by atomic mass is 16.3. The molecule has 0 bridgehead atoms. The summed E-state index contributed by atoms with van der Waals surface area (Å²) in [5.74, 6) is 0. The van der Waals surface area contributed by atoms with Crippen molar-refractivity contribution in [2.45, 2.75) is 25.8 Å². The first kappa shape index (κ1) is 6.92. The van der Waals surface area contributed by atoms with Gasteiger partial charge in [0.15, 0.2) is 0 Å². The largest absolute Gasteiger partial charge is 0.328 e. The summed E-state index contributed by atoms with van der Waals surface area (Å²) in [5.41, 5.74) is 5.38. The van der Waals surface area contributed by atoms with Gasteiger partial charge < -0.3 is 5.73 Å². The molecule has 0 aliphatic carbocycles. The summed E-state index contributed by atoms with van der Waals surface area (Å²) in [6.07, 6.45) is 1.54. The molecule has 0 aliphatic heterocycles. The van der Waals surface area contributed by atoms with Crippen LogP contribution in [0.2, 0.25) is 0 Å². The molecule has 0 aromatic rings. The molecule has 2 heteroatoms. The normalized spacial score (nSPS) is 14.1. The Kier molecular flexibility index (Phi) is 4.04. The molecule has 0 saturated carbocycles. The minimum Gasteiger partial charge on any atom is -0.328 e. The zero-order valence-electron chi connectivity index (χ0n) is 4.68. The molecule has 0 aromatic carbocycles. The van der Waals surface area contributed by atoms with E-state index in [4.69, 9.17) is 5.73 Å². The Balaban J connectivity index is 2.83. The first-order valence-corrected chi connectivity index (χ1v) is 2.65. The molecule has 0 heterocycles. The van der Waals surface area contributed by atoms with Gasteiger partial charge in [-0.25, -0.2) is 5.11 Å². The Bertz CT molecular complexity index is 39.1. The van der Waals surface area contributed by atoms with E-state index in [0.717, 1.165) is 6.42 Å². The smallest absolute Gasteiger partial charge is 0.0837 e. The molecule has 0 aliphatic rings. The molecule has 0 fully saturated rings. The van der Waals surface area contributed by atoms with E-state index >= 15 is 0 Å². The van der Waals surface area contributed by atoms with E-state index in [0.29, 0.717) is 6.42 Å². The van der Waals surface area contributed by atoms with E-state index < -0.39 is 0 Å². The van der Waals surface area contributed by atoms with Crippen LogP contribution in [-0.4, -0.2) is 12.6 Å². The van der Waals surface area contributed by atoms with E-state index in [1.165, 1.54) is 0 Å². The fourth-order valence-electron chi connectivity index (χ4n) is 0.355. The first-order chi connectivity index (χ1) is 3.31. The van der Waals surface area contributed by atoms with Crippen LogP contribution < -0.4 is 5.73 Å². The Hall–Kier alpha value is -0.0800. The maximum Gasteiger partial charge on any atom is 0.0837 e. The second kappa shape index (κ2) is 4.09. The zero-order valence-corrected chi connectivity index (χ0v) is 4.68. The molecule has 43 valence electrons. The van der Waals surface area contributed by atoms with Crippen LogP contribution in [0.3, 0.4) is 0 Å². The molecule has 0 rings (SSSR count). The van der Waals surface area contributed by atoms with Crippen LogP contribution in [0, 0.1) is 0 Å². The SMILES string of the molecule is CCC(N)CC[O].